The second-order valence-electron chi connectivity index (χ2n) is 5.68. The highest BCUT2D eigenvalue weighted by Gasteiger charge is 2.26. The van der Waals surface area contributed by atoms with Crippen LogP contribution >= 0.6 is 0 Å². The molecule has 2 aromatic heterocycles. The van der Waals surface area contributed by atoms with E-state index in [2.05, 4.69) is 40.2 Å². The lowest BCUT2D eigenvalue weighted by molar-refractivity contribution is 0.244. The minimum atomic E-state index is 0.450. The number of benzene rings is 1. The lowest BCUT2D eigenvalue weighted by atomic mass is 10.1. The van der Waals surface area contributed by atoms with E-state index in [0.717, 1.165) is 18.7 Å². The highest BCUT2D eigenvalue weighted by atomic mass is 16.3. The van der Waals surface area contributed by atoms with Gasteiger partial charge < -0.3 is 4.42 Å². The van der Waals surface area contributed by atoms with Crippen molar-refractivity contribution < 1.29 is 4.42 Å². The van der Waals surface area contributed by atoms with E-state index in [-0.39, 0.29) is 0 Å². The van der Waals surface area contributed by atoms with Crippen LogP contribution in [0.1, 0.15) is 30.1 Å². The highest BCUT2D eigenvalue weighted by Crippen LogP contribution is 2.32. The summed E-state index contributed by atoms with van der Waals surface area (Å²) in [5.74, 6) is 0. The van der Waals surface area contributed by atoms with Gasteiger partial charge in [0.15, 0.2) is 0 Å². The molecule has 0 aliphatic carbocycles. The second kappa shape index (κ2) is 5.34. The molecular formula is C18H18N2O. The maximum atomic E-state index is 5.41. The van der Waals surface area contributed by atoms with Crippen LogP contribution in [-0.2, 0) is 6.54 Å². The van der Waals surface area contributed by atoms with Crippen LogP contribution in [0.25, 0.3) is 11.0 Å². The largest absolute Gasteiger partial charge is 0.464 e. The molecule has 1 aliphatic rings. The van der Waals surface area contributed by atoms with E-state index in [1.54, 1.807) is 6.26 Å². The van der Waals surface area contributed by atoms with Gasteiger partial charge in [0, 0.05) is 18.1 Å². The molecule has 0 N–H and O–H groups in total. The van der Waals surface area contributed by atoms with Crippen molar-refractivity contribution in [3.05, 3.63) is 66.2 Å². The molecule has 1 fully saturated rings. The van der Waals surface area contributed by atoms with Crippen molar-refractivity contribution in [1.82, 2.24) is 9.88 Å². The zero-order valence-electron chi connectivity index (χ0n) is 11.9. The Morgan fingerprint density at radius 3 is 3.10 bits per heavy atom. The average molecular weight is 278 g/mol. The van der Waals surface area contributed by atoms with E-state index in [0.29, 0.717) is 6.04 Å². The van der Waals surface area contributed by atoms with Gasteiger partial charge in [0.2, 0.25) is 0 Å². The monoisotopic (exact) mass is 278 g/mol. The van der Waals surface area contributed by atoms with Gasteiger partial charge in [-0.2, -0.15) is 0 Å². The minimum Gasteiger partial charge on any atom is -0.464 e. The van der Waals surface area contributed by atoms with Crippen molar-refractivity contribution >= 4 is 11.0 Å². The Bertz CT molecular complexity index is 735. The maximum absolute atomic E-state index is 5.41. The van der Waals surface area contributed by atoms with Gasteiger partial charge >= 0.3 is 0 Å². The number of nitrogens with zero attached hydrogens (tertiary/aromatic N) is 2. The van der Waals surface area contributed by atoms with E-state index < -0.39 is 0 Å². The Morgan fingerprint density at radius 2 is 2.19 bits per heavy atom. The van der Waals surface area contributed by atoms with Crippen LogP contribution in [0, 0.1) is 0 Å². The fraction of sp³-hybridized carbons (Fsp3) is 0.278. The molecule has 0 spiro atoms. The van der Waals surface area contributed by atoms with Crippen molar-refractivity contribution in [2.75, 3.05) is 6.54 Å². The molecule has 0 amide bonds. The molecule has 1 aromatic carbocycles. The van der Waals surface area contributed by atoms with Crippen LogP contribution in [0.2, 0.25) is 0 Å². The molecule has 1 atom stereocenters. The van der Waals surface area contributed by atoms with Gasteiger partial charge in [-0.15, -0.1) is 0 Å². The van der Waals surface area contributed by atoms with Crippen LogP contribution in [-0.4, -0.2) is 16.4 Å². The number of aromatic nitrogens is 1. The number of pyridine rings is 1. The zero-order valence-corrected chi connectivity index (χ0v) is 11.9. The van der Waals surface area contributed by atoms with Crippen LogP contribution in [0.5, 0.6) is 0 Å². The fourth-order valence-corrected chi connectivity index (χ4v) is 3.27. The molecule has 21 heavy (non-hydrogen) atoms. The SMILES string of the molecule is c1ccc([C@H]2CCCN2Cc2ccc3occc3c2)nc1. The van der Waals surface area contributed by atoms with Gasteiger partial charge in [0.25, 0.3) is 0 Å². The number of furan rings is 1. The van der Waals surface area contributed by atoms with Gasteiger partial charge in [-0.05, 0) is 55.3 Å². The summed E-state index contributed by atoms with van der Waals surface area (Å²) in [6.07, 6.45) is 6.09. The van der Waals surface area contributed by atoms with Gasteiger partial charge in [-0.25, -0.2) is 0 Å². The van der Waals surface area contributed by atoms with E-state index >= 15 is 0 Å². The standard InChI is InChI=1S/C18H18N2O/c1-2-9-19-16(4-1)17-5-3-10-20(17)13-14-6-7-18-15(12-14)8-11-21-18/h1-2,4,6-9,11-12,17H,3,5,10,13H2/t17-/m1/s1. The molecular weight excluding hydrogens is 260 g/mol. The van der Waals surface area contributed by atoms with Crippen molar-refractivity contribution in [2.24, 2.45) is 0 Å². The summed E-state index contributed by atoms with van der Waals surface area (Å²) in [5, 5.41) is 1.18. The first-order chi connectivity index (χ1) is 10.4. The molecule has 3 heterocycles. The normalized spacial score (nSPS) is 19.3. The third-order valence-corrected chi connectivity index (χ3v) is 4.30. The molecule has 3 nitrogen and oxygen atoms in total. The molecule has 3 heteroatoms. The van der Waals surface area contributed by atoms with Crippen molar-refractivity contribution in [3.63, 3.8) is 0 Å². The number of hydrogen-bond acceptors (Lipinski definition) is 3. The van der Waals surface area contributed by atoms with Crippen molar-refractivity contribution in [1.29, 1.82) is 0 Å². The maximum Gasteiger partial charge on any atom is 0.133 e. The minimum absolute atomic E-state index is 0.450. The van der Waals surface area contributed by atoms with Crippen LogP contribution in [0.3, 0.4) is 0 Å². The predicted molar refractivity (Wildman–Crippen MR) is 82.8 cm³/mol. The molecule has 3 aromatic rings. The Labute approximate surface area is 124 Å². The van der Waals surface area contributed by atoms with Gasteiger partial charge in [0.05, 0.1) is 18.0 Å². The lowest BCUT2D eigenvalue weighted by Gasteiger charge is -2.24. The summed E-state index contributed by atoms with van der Waals surface area (Å²) < 4.78 is 5.41. The number of likely N-dealkylation sites (tertiary alicyclic amines) is 1. The van der Waals surface area contributed by atoms with Crippen LogP contribution < -0.4 is 0 Å². The highest BCUT2D eigenvalue weighted by molar-refractivity contribution is 5.77. The molecule has 106 valence electrons. The quantitative estimate of drug-likeness (QED) is 0.720. The lowest BCUT2D eigenvalue weighted by Crippen LogP contribution is -2.23. The number of rotatable bonds is 3. The number of fused-ring (bicyclic) bond motifs is 1. The molecule has 1 saturated heterocycles. The van der Waals surface area contributed by atoms with Crippen molar-refractivity contribution in [2.45, 2.75) is 25.4 Å². The number of hydrogen-bond donors (Lipinski definition) is 0. The average Bonchev–Trinajstić information content (AvgIpc) is 3.16. The molecule has 0 bridgehead atoms. The molecule has 0 radical (unpaired) electrons. The Balaban J connectivity index is 1.57. The first-order valence-electron chi connectivity index (χ1n) is 7.51. The second-order valence-corrected chi connectivity index (χ2v) is 5.68. The zero-order chi connectivity index (χ0) is 14.1. The summed E-state index contributed by atoms with van der Waals surface area (Å²) in [6.45, 7) is 2.12. The molecule has 1 aliphatic heterocycles. The van der Waals surface area contributed by atoms with E-state index in [1.807, 2.05) is 18.3 Å². The topological polar surface area (TPSA) is 29.3 Å². The first kappa shape index (κ1) is 12.6. The van der Waals surface area contributed by atoms with Gasteiger partial charge in [0.1, 0.15) is 5.58 Å². The van der Waals surface area contributed by atoms with Crippen LogP contribution in [0.15, 0.2) is 59.3 Å². The Morgan fingerprint density at radius 1 is 1.19 bits per heavy atom. The molecule has 4 rings (SSSR count). The smallest absolute Gasteiger partial charge is 0.133 e. The summed E-state index contributed by atoms with van der Waals surface area (Å²) in [4.78, 5) is 7.07. The van der Waals surface area contributed by atoms with E-state index in [4.69, 9.17) is 4.42 Å². The van der Waals surface area contributed by atoms with Crippen molar-refractivity contribution in [3.8, 4) is 0 Å². The summed E-state index contributed by atoms with van der Waals surface area (Å²) in [7, 11) is 0. The van der Waals surface area contributed by atoms with E-state index in [1.165, 1.54) is 29.5 Å². The van der Waals surface area contributed by atoms with Gasteiger partial charge in [-0.3, -0.25) is 9.88 Å². The van der Waals surface area contributed by atoms with E-state index in [9.17, 15) is 0 Å². The first-order valence-corrected chi connectivity index (χ1v) is 7.51. The summed E-state index contributed by atoms with van der Waals surface area (Å²) in [5.41, 5.74) is 3.49. The molecule has 0 unspecified atom stereocenters. The molecule has 0 saturated carbocycles. The Hall–Kier alpha value is -2.13. The predicted octanol–water partition coefficient (Wildman–Crippen LogP) is 4.16. The van der Waals surface area contributed by atoms with Gasteiger partial charge in [-0.1, -0.05) is 12.1 Å². The van der Waals surface area contributed by atoms with Crippen LogP contribution in [0.4, 0.5) is 0 Å². The fourth-order valence-electron chi connectivity index (χ4n) is 3.27. The summed E-state index contributed by atoms with van der Waals surface area (Å²) in [6, 6.07) is 15.1. The third kappa shape index (κ3) is 2.45. The summed E-state index contributed by atoms with van der Waals surface area (Å²) >= 11 is 0. The Kier molecular flexibility index (Phi) is 3.20. The third-order valence-electron chi connectivity index (χ3n) is 4.30.